The average molecular weight is 222 g/mol. The van der Waals surface area contributed by atoms with Crippen molar-refractivity contribution in [3.63, 3.8) is 0 Å². The minimum Gasteiger partial charge on any atom is -0.330 e. The molecule has 1 aromatic rings. The summed E-state index contributed by atoms with van der Waals surface area (Å²) in [6.07, 6.45) is 9.18. The van der Waals surface area contributed by atoms with Gasteiger partial charge in [-0.3, -0.25) is 9.58 Å². The van der Waals surface area contributed by atoms with E-state index >= 15 is 0 Å². The first kappa shape index (κ1) is 11.6. The molecule has 2 heterocycles. The summed E-state index contributed by atoms with van der Waals surface area (Å²) in [5.41, 5.74) is 6.99. The summed E-state index contributed by atoms with van der Waals surface area (Å²) in [6, 6.07) is 0.680. The summed E-state index contributed by atoms with van der Waals surface area (Å²) in [4.78, 5) is 2.56. The molecule has 90 valence electrons. The van der Waals surface area contributed by atoms with Crippen molar-refractivity contribution in [2.45, 2.75) is 38.3 Å². The van der Waals surface area contributed by atoms with Crippen LogP contribution in [0.2, 0.25) is 0 Å². The van der Waals surface area contributed by atoms with Crippen molar-refractivity contribution in [3.05, 3.63) is 18.0 Å². The summed E-state index contributed by atoms with van der Waals surface area (Å²) in [7, 11) is 1.97. The molecule has 0 bridgehead atoms. The molecule has 16 heavy (non-hydrogen) atoms. The van der Waals surface area contributed by atoms with Crippen LogP contribution in [-0.2, 0) is 13.6 Å². The van der Waals surface area contributed by atoms with E-state index in [9.17, 15) is 0 Å². The molecule has 0 radical (unpaired) electrons. The fourth-order valence-electron chi connectivity index (χ4n) is 2.58. The van der Waals surface area contributed by atoms with E-state index in [-0.39, 0.29) is 0 Å². The Hall–Kier alpha value is -0.870. The molecule has 1 unspecified atom stereocenters. The topological polar surface area (TPSA) is 47.1 Å². The smallest absolute Gasteiger partial charge is 0.0534 e. The van der Waals surface area contributed by atoms with Crippen molar-refractivity contribution in [1.82, 2.24) is 14.7 Å². The van der Waals surface area contributed by atoms with Crippen molar-refractivity contribution in [2.75, 3.05) is 13.1 Å². The van der Waals surface area contributed by atoms with Crippen molar-refractivity contribution in [3.8, 4) is 0 Å². The van der Waals surface area contributed by atoms with Gasteiger partial charge in [0.05, 0.1) is 6.20 Å². The molecule has 1 aliphatic rings. The van der Waals surface area contributed by atoms with Gasteiger partial charge in [0.15, 0.2) is 0 Å². The van der Waals surface area contributed by atoms with Crippen molar-refractivity contribution >= 4 is 0 Å². The quantitative estimate of drug-likeness (QED) is 0.830. The van der Waals surface area contributed by atoms with Crippen LogP contribution in [0.15, 0.2) is 12.4 Å². The number of nitrogens with zero attached hydrogens (tertiary/aromatic N) is 3. The normalized spacial score (nSPS) is 22.5. The maximum Gasteiger partial charge on any atom is 0.0534 e. The van der Waals surface area contributed by atoms with Crippen LogP contribution in [-0.4, -0.2) is 33.8 Å². The lowest BCUT2D eigenvalue weighted by molar-refractivity contribution is 0.134. The molecule has 0 aliphatic carbocycles. The third kappa shape index (κ3) is 2.83. The molecule has 1 saturated heterocycles. The first-order valence-corrected chi connectivity index (χ1v) is 6.21. The summed E-state index contributed by atoms with van der Waals surface area (Å²) in [5.74, 6) is 0. The summed E-state index contributed by atoms with van der Waals surface area (Å²) in [6.45, 7) is 3.03. The first-order chi connectivity index (χ1) is 7.79. The SMILES string of the molecule is Cn1cc(CN2CCCCC2CCN)cn1. The van der Waals surface area contributed by atoms with Crippen molar-refractivity contribution in [2.24, 2.45) is 12.8 Å². The lowest BCUT2D eigenvalue weighted by Crippen LogP contribution is -2.40. The Bertz CT molecular complexity index is 319. The second-order valence-corrected chi connectivity index (χ2v) is 4.72. The second-order valence-electron chi connectivity index (χ2n) is 4.72. The molecule has 1 aromatic heterocycles. The van der Waals surface area contributed by atoms with Gasteiger partial charge in [-0.15, -0.1) is 0 Å². The standard InChI is InChI=1S/C12H22N4/c1-15-9-11(8-14-15)10-16-7-3-2-4-12(16)5-6-13/h8-9,12H,2-7,10,13H2,1H3. The zero-order valence-electron chi connectivity index (χ0n) is 10.1. The minimum atomic E-state index is 0.680. The molecule has 1 atom stereocenters. The molecular weight excluding hydrogens is 200 g/mol. The van der Waals surface area contributed by atoms with Gasteiger partial charge in [0.1, 0.15) is 0 Å². The summed E-state index contributed by atoms with van der Waals surface area (Å²) < 4.78 is 1.87. The van der Waals surface area contributed by atoms with E-state index in [1.165, 1.54) is 31.4 Å². The maximum atomic E-state index is 5.68. The second kappa shape index (κ2) is 5.46. The third-order valence-electron chi connectivity index (χ3n) is 3.39. The van der Waals surface area contributed by atoms with Crippen LogP contribution in [0.3, 0.4) is 0 Å². The van der Waals surface area contributed by atoms with E-state index in [1.54, 1.807) is 0 Å². The van der Waals surface area contributed by atoms with Gasteiger partial charge in [-0.1, -0.05) is 6.42 Å². The molecule has 0 aromatic carbocycles. The zero-order chi connectivity index (χ0) is 11.4. The van der Waals surface area contributed by atoms with Crippen LogP contribution in [0.4, 0.5) is 0 Å². The molecule has 0 amide bonds. The Labute approximate surface area is 97.4 Å². The lowest BCUT2D eigenvalue weighted by Gasteiger charge is -2.35. The van der Waals surface area contributed by atoms with Crippen LogP contribution in [0.1, 0.15) is 31.2 Å². The highest BCUT2D eigenvalue weighted by Crippen LogP contribution is 2.21. The summed E-state index contributed by atoms with van der Waals surface area (Å²) in [5, 5.41) is 4.22. The van der Waals surface area contributed by atoms with Gasteiger partial charge >= 0.3 is 0 Å². The molecule has 4 nitrogen and oxygen atoms in total. The van der Waals surface area contributed by atoms with Gasteiger partial charge < -0.3 is 5.73 Å². The van der Waals surface area contributed by atoms with Crippen LogP contribution in [0.25, 0.3) is 0 Å². The van der Waals surface area contributed by atoms with E-state index in [2.05, 4.69) is 16.2 Å². The van der Waals surface area contributed by atoms with E-state index in [1.807, 2.05) is 17.9 Å². The Balaban J connectivity index is 1.95. The molecule has 2 N–H and O–H groups in total. The molecular formula is C12H22N4. The maximum absolute atomic E-state index is 5.68. The first-order valence-electron chi connectivity index (χ1n) is 6.21. The van der Waals surface area contributed by atoms with Crippen LogP contribution in [0.5, 0.6) is 0 Å². The predicted molar refractivity (Wildman–Crippen MR) is 64.9 cm³/mol. The van der Waals surface area contributed by atoms with E-state index in [0.29, 0.717) is 6.04 Å². The van der Waals surface area contributed by atoms with Gasteiger partial charge in [0, 0.05) is 31.4 Å². The molecule has 1 fully saturated rings. The highest BCUT2D eigenvalue weighted by Gasteiger charge is 2.21. The number of aryl methyl sites for hydroxylation is 1. The average Bonchev–Trinajstić information content (AvgIpc) is 2.67. The Morgan fingerprint density at radius 2 is 2.38 bits per heavy atom. The number of rotatable bonds is 4. The zero-order valence-corrected chi connectivity index (χ0v) is 10.1. The number of hydrogen-bond acceptors (Lipinski definition) is 3. The Morgan fingerprint density at radius 3 is 3.06 bits per heavy atom. The number of nitrogens with two attached hydrogens (primary N) is 1. The van der Waals surface area contributed by atoms with Crippen LogP contribution in [0, 0.1) is 0 Å². The Kier molecular flexibility index (Phi) is 3.96. The van der Waals surface area contributed by atoms with Gasteiger partial charge in [-0.05, 0) is 32.4 Å². The fourth-order valence-corrected chi connectivity index (χ4v) is 2.58. The van der Waals surface area contributed by atoms with Gasteiger partial charge in [0.25, 0.3) is 0 Å². The Morgan fingerprint density at radius 1 is 1.50 bits per heavy atom. The van der Waals surface area contributed by atoms with Crippen LogP contribution < -0.4 is 5.73 Å². The molecule has 1 aliphatic heterocycles. The predicted octanol–water partition coefficient (Wildman–Crippen LogP) is 1.12. The molecule has 0 spiro atoms. The number of piperidine rings is 1. The van der Waals surface area contributed by atoms with Gasteiger partial charge in [0.2, 0.25) is 0 Å². The fraction of sp³-hybridized carbons (Fsp3) is 0.750. The highest BCUT2D eigenvalue weighted by molar-refractivity contribution is 5.04. The van der Waals surface area contributed by atoms with Crippen molar-refractivity contribution < 1.29 is 0 Å². The van der Waals surface area contributed by atoms with Crippen molar-refractivity contribution in [1.29, 1.82) is 0 Å². The molecule has 0 saturated carbocycles. The lowest BCUT2D eigenvalue weighted by atomic mass is 9.99. The third-order valence-corrected chi connectivity index (χ3v) is 3.39. The van der Waals surface area contributed by atoms with E-state index < -0.39 is 0 Å². The van der Waals surface area contributed by atoms with E-state index in [4.69, 9.17) is 5.73 Å². The van der Waals surface area contributed by atoms with Crippen LogP contribution >= 0.6 is 0 Å². The minimum absolute atomic E-state index is 0.680. The van der Waals surface area contributed by atoms with E-state index in [0.717, 1.165) is 19.5 Å². The van der Waals surface area contributed by atoms with Gasteiger partial charge in [-0.2, -0.15) is 5.10 Å². The molecule has 2 rings (SSSR count). The largest absolute Gasteiger partial charge is 0.330 e. The highest BCUT2D eigenvalue weighted by atomic mass is 15.2. The number of likely N-dealkylation sites (tertiary alicyclic amines) is 1. The molecule has 4 heteroatoms. The number of hydrogen-bond donors (Lipinski definition) is 1. The monoisotopic (exact) mass is 222 g/mol. The summed E-state index contributed by atoms with van der Waals surface area (Å²) >= 11 is 0. The number of aromatic nitrogens is 2. The van der Waals surface area contributed by atoms with Gasteiger partial charge in [-0.25, -0.2) is 0 Å².